The van der Waals surface area contributed by atoms with Crippen LogP contribution < -0.4 is 10.3 Å². The van der Waals surface area contributed by atoms with Gasteiger partial charge >= 0.3 is 0 Å². The number of anilines is 1. The fraction of sp³-hybridized carbons (Fsp3) is 0.160. The van der Waals surface area contributed by atoms with Gasteiger partial charge in [0.15, 0.2) is 0 Å². The Kier molecular flexibility index (Phi) is 5.34. The Morgan fingerprint density at radius 1 is 0.970 bits per heavy atom. The van der Waals surface area contributed by atoms with Gasteiger partial charge in [-0.3, -0.25) is 19.4 Å². The number of hydrogen-bond donors (Lipinski definition) is 1. The summed E-state index contributed by atoms with van der Waals surface area (Å²) in [5.74, 6) is -2.95. The van der Waals surface area contributed by atoms with E-state index in [0.717, 1.165) is 10.5 Å². The van der Waals surface area contributed by atoms with E-state index in [0.29, 0.717) is 15.7 Å². The summed E-state index contributed by atoms with van der Waals surface area (Å²) in [4.78, 5) is 41.6. The predicted octanol–water partition coefficient (Wildman–Crippen LogP) is 4.16. The molecule has 3 unspecified atom stereocenters. The minimum absolute atomic E-state index is 0.226. The van der Waals surface area contributed by atoms with E-state index >= 15 is 0 Å². The first-order valence-electron chi connectivity index (χ1n) is 10.4. The van der Waals surface area contributed by atoms with Gasteiger partial charge in [-0.05, 0) is 43.3 Å². The maximum Gasteiger partial charge on any atom is 0.268 e. The molecule has 0 spiro atoms. The number of hydrazine groups is 1. The number of nitrogens with zero attached hydrogens (tertiary/aromatic N) is 2. The Labute approximate surface area is 198 Å². The number of imide groups is 1. The summed E-state index contributed by atoms with van der Waals surface area (Å²) in [5.41, 5.74) is 4.93. The van der Waals surface area contributed by atoms with Gasteiger partial charge in [0.1, 0.15) is 11.9 Å². The lowest BCUT2D eigenvalue weighted by Gasteiger charge is -2.25. The summed E-state index contributed by atoms with van der Waals surface area (Å²) in [6.45, 7) is 1.91. The average Bonchev–Trinajstić information content (AvgIpc) is 3.31. The van der Waals surface area contributed by atoms with Crippen LogP contribution in [0.4, 0.5) is 10.1 Å². The fourth-order valence-corrected chi connectivity index (χ4v) is 4.87. The summed E-state index contributed by atoms with van der Waals surface area (Å²) in [5, 5.41) is 1.18. The molecule has 2 aliphatic rings. The Balaban J connectivity index is 1.60. The maximum atomic E-state index is 14.7. The smallest absolute Gasteiger partial charge is 0.268 e. The van der Waals surface area contributed by atoms with Crippen LogP contribution in [0.15, 0.2) is 77.3 Å². The number of benzene rings is 3. The van der Waals surface area contributed by atoms with E-state index in [2.05, 4.69) is 21.4 Å². The molecule has 2 saturated heterocycles. The number of carbonyl (C=O) groups excluding carboxylic acids is 3. The molecule has 2 aliphatic heterocycles. The van der Waals surface area contributed by atoms with Crippen LogP contribution in [-0.4, -0.2) is 28.8 Å². The van der Waals surface area contributed by atoms with Gasteiger partial charge in [0.05, 0.1) is 17.6 Å². The van der Waals surface area contributed by atoms with Crippen molar-refractivity contribution in [3.8, 4) is 0 Å². The average molecular weight is 508 g/mol. The molecule has 3 amide bonds. The third kappa shape index (κ3) is 3.55. The number of aryl methyl sites for hydroxylation is 1. The highest BCUT2D eigenvalue weighted by Gasteiger charge is 2.60. The molecule has 0 aliphatic carbocycles. The van der Waals surface area contributed by atoms with Crippen molar-refractivity contribution in [2.75, 3.05) is 4.90 Å². The minimum Gasteiger partial charge on any atom is -0.274 e. The Morgan fingerprint density at radius 2 is 1.70 bits per heavy atom. The molecule has 0 radical (unpaired) electrons. The van der Waals surface area contributed by atoms with Crippen LogP contribution in [0.5, 0.6) is 0 Å². The SMILES string of the molecule is Cc1ccc(N2C(=O)C3C(c4ccccc4F)NN(C(=O)c4cccc(Br)c4)C3C2=O)cc1. The van der Waals surface area contributed by atoms with Gasteiger partial charge < -0.3 is 0 Å². The highest BCUT2D eigenvalue weighted by atomic mass is 79.9. The number of halogens is 2. The lowest BCUT2D eigenvalue weighted by molar-refractivity contribution is -0.123. The van der Waals surface area contributed by atoms with Gasteiger partial charge in [-0.2, -0.15) is 0 Å². The van der Waals surface area contributed by atoms with E-state index in [1.165, 1.54) is 11.1 Å². The molecule has 0 saturated carbocycles. The molecule has 166 valence electrons. The molecule has 33 heavy (non-hydrogen) atoms. The van der Waals surface area contributed by atoms with Crippen LogP contribution in [0.1, 0.15) is 27.5 Å². The van der Waals surface area contributed by atoms with Gasteiger partial charge in [-0.1, -0.05) is 57.9 Å². The molecule has 8 heteroatoms. The van der Waals surface area contributed by atoms with Crippen LogP contribution >= 0.6 is 15.9 Å². The molecule has 3 atom stereocenters. The predicted molar refractivity (Wildman–Crippen MR) is 124 cm³/mol. The number of rotatable bonds is 3. The second kappa shape index (κ2) is 8.20. The first-order chi connectivity index (χ1) is 15.9. The van der Waals surface area contributed by atoms with Gasteiger partial charge in [-0.15, -0.1) is 0 Å². The summed E-state index contributed by atoms with van der Waals surface area (Å²) >= 11 is 3.35. The van der Waals surface area contributed by atoms with Crippen LogP contribution in [0.3, 0.4) is 0 Å². The lowest BCUT2D eigenvalue weighted by Crippen LogP contribution is -2.48. The first-order valence-corrected chi connectivity index (χ1v) is 11.2. The summed E-state index contributed by atoms with van der Waals surface area (Å²) < 4.78 is 15.4. The summed E-state index contributed by atoms with van der Waals surface area (Å²) in [6, 6.07) is 17.8. The zero-order chi connectivity index (χ0) is 23.3. The van der Waals surface area contributed by atoms with E-state index in [1.54, 1.807) is 66.7 Å². The van der Waals surface area contributed by atoms with Crippen LogP contribution in [-0.2, 0) is 9.59 Å². The van der Waals surface area contributed by atoms with Crippen molar-refractivity contribution >= 4 is 39.3 Å². The van der Waals surface area contributed by atoms with Crippen molar-refractivity contribution in [3.05, 3.63) is 99.8 Å². The second-order valence-electron chi connectivity index (χ2n) is 8.13. The van der Waals surface area contributed by atoms with Crippen molar-refractivity contribution in [2.24, 2.45) is 5.92 Å². The number of nitrogens with one attached hydrogen (secondary N) is 1. The van der Waals surface area contributed by atoms with Gasteiger partial charge in [-0.25, -0.2) is 14.7 Å². The Hall–Kier alpha value is -3.36. The monoisotopic (exact) mass is 507 g/mol. The van der Waals surface area contributed by atoms with E-state index in [1.807, 2.05) is 6.92 Å². The zero-order valence-electron chi connectivity index (χ0n) is 17.5. The van der Waals surface area contributed by atoms with Crippen LogP contribution in [0, 0.1) is 18.7 Å². The molecular formula is C25H19BrFN3O3. The van der Waals surface area contributed by atoms with Crippen molar-refractivity contribution in [1.29, 1.82) is 0 Å². The van der Waals surface area contributed by atoms with E-state index in [-0.39, 0.29) is 5.56 Å². The number of amides is 3. The first kappa shape index (κ1) is 21.5. The van der Waals surface area contributed by atoms with Crippen LogP contribution in [0.25, 0.3) is 0 Å². The lowest BCUT2D eigenvalue weighted by atomic mass is 9.90. The van der Waals surface area contributed by atoms with Crippen LogP contribution in [0.2, 0.25) is 0 Å². The van der Waals surface area contributed by atoms with Crippen molar-refractivity contribution in [1.82, 2.24) is 10.4 Å². The summed E-state index contributed by atoms with van der Waals surface area (Å²) in [7, 11) is 0. The molecule has 3 aromatic carbocycles. The number of fused-ring (bicyclic) bond motifs is 1. The summed E-state index contributed by atoms with van der Waals surface area (Å²) in [6.07, 6.45) is 0. The minimum atomic E-state index is -1.10. The largest absolute Gasteiger partial charge is 0.274 e. The Bertz CT molecular complexity index is 1280. The molecule has 0 bridgehead atoms. The number of hydrogen-bond acceptors (Lipinski definition) is 4. The Morgan fingerprint density at radius 3 is 2.39 bits per heavy atom. The number of carbonyl (C=O) groups is 3. The highest BCUT2D eigenvalue weighted by Crippen LogP contribution is 2.42. The third-order valence-electron chi connectivity index (χ3n) is 6.06. The maximum absolute atomic E-state index is 14.7. The highest BCUT2D eigenvalue weighted by molar-refractivity contribution is 9.10. The second-order valence-corrected chi connectivity index (χ2v) is 9.05. The molecule has 5 rings (SSSR count). The van der Waals surface area contributed by atoms with E-state index in [4.69, 9.17) is 0 Å². The topological polar surface area (TPSA) is 69.7 Å². The molecule has 2 heterocycles. The molecule has 6 nitrogen and oxygen atoms in total. The third-order valence-corrected chi connectivity index (χ3v) is 6.55. The quantitative estimate of drug-likeness (QED) is 0.540. The molecule has 1 N–H and O–H groups in total. The molecule has 3 aromatic rings. The molecular weight excluding hydrogens is 489 g/mol. The van der Waals surface area contributed by atoms with Gasteiger partial charge in [0.2, 0.25) is 5.91 Å². The van der Waals surface area contributed by atoms with Gasteiger partial charge in [0, 0.05) is 15.6 Å². The molecule has 0 aromatic heterocycles. The standard InChI is InChI=1S/C25H19BrFN3O3/c1-14-9-11-17(12-10-14)29-24(32)20-21(18-7-2-3-8-19(18)27)28-30(22(20)25(29)33)23(31)15-5-4-6-16(26)13-15/h2-13,20-22,28H,1H3. The van der Waals surface area contributed by atoms with Crippen molar-refractivity contribution in [3.63, 3.8) is 0 Å². The normalized spacial score (nSPS) is 22.1. The van der Waals surface area contributed by atoms with Gasteiger partial charge in [0.25, 0.3) is 11.8 Å². The van der Waals surface area contributed by atoms with Crippen molar-refractivity contribution < 1.29 is 18.8 Å². The molecule has 2 fully saturated rings. The van der Waals surface area contributed by atoms with E-state index in [9.17, 15) is 18.8 Å². The zero-order valence-corrected chi connectivity index (χ0v) is 19.1. The fourth-order valence-electron chi connectivity index (χ4n) is 4.47. The van der Waals surface area contributed by atoms with E-state index < -0.39 is 41.5 Å². The van der Waals surface area contributed by atoms with Crippen molar-refractivity contribution in [2.45, 2.75) is 19.0 Å².